The van der Waals surface area contributed by atoms with E-state index in [2.05, 4.69) is 4.98 Å². The van der Waals surface area contributed by atoms with Gasteiger partial charge in [-0.1, -0.05) is 30.8 Å². The molecule has 3 rings (SSSR count). The molecule has 4 nitrogen and oxygen atoms in total. The van der Waals surface area contributed by atoms with E-state index in [9.17, 15) is 4.79 Å². The van der Waals surface area contributed by atoms with Crippen LogP contribution in [0.25, 0.3) is 22.1 Å². The Morgan fingerprint density at radius 2 is 2.17 bits per heavy atom. The highest BCUT2D eigenvalue weighted by Gasteiger charge is 2.15. The molecule has 2 aromatic heterocycles. The van der Waals surface area contributed by atoms with Crippen molar-refractivity contribution in [2.24, 2.45) is 7.05 Å². The molecule has 0 N–H and O–H groups in total. The van der Waals surface area contributed by atoms with Gasteiger partial charge in [0.25, 0.3) is 5.56 Å². The molecule has 3 aromatic rings. The van der Waals surface area contributed by atoms with Gasteiger partial charge in [-0.3, -0.25) is 9.36 Å². The minimum absolute atomic E-state index is 0.132. The maximum atomic E-state index is 12.2. The average Bonchev–Trinajstić information content (AvgIpc) is 2.75. The van der Waals surface area contributed by atoms with Gasteiger partial charge in [-0.15, -0.1) is 0 Å². The Kier molecular flexibility index (Phi) is 2.63. The molecule has 0 radical (unpaired) electrons. The van der Waals surface area contributed by atoms with Gasteiger partial charge in [0.05, 0.1) is 0 Å². The van der Waals surface area contributed by atoms with Crippen molar-refractivity contribution in [2.45, 2.75) is 12.1 Å². The molecular weight excluding hydrogens is 248 g/mol. The van der Waals surface area contributed by atoms with Crippen LogP contribution in [-0.2, 0) is 7.05 Å². The van der Waals surface area contributed by atoms with Crippen LogP contribution in [0.2, 0.25) is 0 Å². The minimum atomic E-state index is -0.132. The van der Waals surface area contributed by atoms with Crippen molar-refractivity contribution in [3.8, 4) is 0 Å². The topological polar surface area (TPSA) is 48.0 Å². The van der Waals surface area contributed by atoms with Crippen molar-refractivity contribution in [1.29, 1.82) is 0 Å². The van der Waals surface area contributed by atoms with E-state index in [0.717, 1.165) is 16.3 Å². The average molecular weight is 260 g/mol. The summed E-state index contributed by atoms with van der Waals surface area (Å²) in [5.41, 5.74) is 1.56. The van der Waals surface area contributed by atoms with Crippen LogP contribution in [0.5, 0.6) is 0 Å². The standard InChI is InChI=1S/C13H12N2O2S/c1-3-18-13-14-10-8-6-4-5-7-9(8)17-11(10)12(16)15(13)2/h4-7H,3H2,1-2H3. The summed E-state index contributed by atoms with van der Waals surface area (Å²) in [6, 6.07) is 7.58. The second-order valence-electron chi connectivity index (χ2n) is 3.97. The Hall–Kier alpha value is -1.75. The first kappa shape index (κ1) is 11.3. The second-order valence-corrected chi connectivity index (χ2v) is 5.20. The molecule has 0 spiro atoms. The molecule has 5 heteroatoms. The van der Waals surface area contributed by atoms with Crippen LogP contribution in [0, 0.1) is 0 Å². The van der Waals surface area contributed by atoms with Crippen LogP contribution in [0.3, 0.4) is 0 Å². The highest BCUT2D eigenvalue weighted by molar-refractivity contribution is 7.99. The van der Waals surface area contributed by atoms with E-state index < -0.39 is 0 Å². The summed E-state index contributed by atoms with van der Waals surface area (Å²) in [7, 11) is 1.72. The highest BCUT2D eigenvalue weighted by Crippen LogP contribution is 2.26. The molecule has 0 amide bonds. The Morgan fingerprint density at radius 3 is 2.94 bits per heavy atom. The van der Waals surface area contributed by atoms with Gasteiger partial charge in [-0.2, -0.15) is 0 Å². The van der Waals surface area contributed by atoms with Crippen molar-refractivity contribution < 1.29 is 4.42 Å². The maximum Gasteiger partial charge on any atom is 0.297 e. The molecule has 0 aliphatic heterocycles. The van der Waals surface area contributed by atoms with Gasteiger partial charge in [0.2, 0.25) is 5.58 Å². The van der Waals surface area contributed by atoms with Crippen molar-refractivity contribution in [1.82, 2.24) is 9.55 Å². The molecule has 0 atom stereocenters. The summed E-state index contributed by atoms with van der Waals surface area (Å²) >= 11 is 1.55. The molecule has 0 aliphatic rings. The molecule has 92 valence electrons. The summed E-state index contributed by atoms with van der Waals surface area (Å²) in [6.45, 7) is 2.04. The lowest BCUT2D eigenvalue weighted by molar-refractivity contribution is 0.635. The normalized spacial score (nSPS) is 11.4. The number of para-hydroxylation sites is 1. The fourth-order valence-corrected chi connectivity index (χ4v) is 2.65. The predicted octanol–water partition coefficient (Wildman–Crippen LogP) is 2.79. The van der Waals surface area contributed by atoms with E-state index in [1.54, 1.807) is 23.4 Å². The molecule has 18 heavy (non-hydrogen) atoms. The van der Waals surface area contributed by atoms with Gasteiger partial charge in [0, 0.05) is 12.4 Å². The molecule has 0 saturated carbocycles. The number of benzene rings is 1. The van der Waals surface area contributed by atoms with Crippen molar-refractivity contribution in [3.05, 3.63) is 34.6 Å². The Balaban J connectivity index is 2.47. The number of hydrogen-bond donors (Lipinski definition) is 0. The van der Waals surface area contributed by atoms with Crippen LogP contribution in [0.1, 0.15) is 6.92 Å². The van der Waals surface area contributed by atoms with Crippen LogP contribution < -0.4 is 5.56 Å². The predicted molar refractivity (Wildman–Crippen MR) is 73.2 cm³/mol. The van der Waals surface area contributed by atoms with Crippen molar-refractivity contribution >= 4 is 33.8 Å². The van der Waals surface area contributed by atoms with E-state index in [4.69, 9.17) is 4.42 Å². The molecule has 0 saturated heterocycles. The molecule has 0 aliphatic carbocycles. The monoisotopic (exact) mass is 260 g/mol. The quantitative estimate of drug-likeness (QED) is 0.525. The molecule has 0 fully saturated rings. The van der Waals surface area contributed by atoms with Crippen molar-refractivity contribution in [3.63, 3.8) is 0 Å². The van der Waals surface area contributed by atoms with Gasteiger partial charge in [0.1, 0.15) is 11.1 Å². The molecule has 2 heterocycles. The SMILES string of the molecule is CCSc1nc2c(oc3ccccc32)c(=O)n1C. The van der Waals surface area contributed by atoms with Crippen LogP contribution >= 0.6 is 11.8 Å². The number of aromatic nitrogens is 2. The molecule has 0 unspecified atom stereocenters. The third-order valence-corrected chi connectivity index (χ3v) is 3.75. The van der Waals surface area contributed by atoms with E-state index in [1.807, 2.05) is 31.2 Å². The van der Waals surface area contributed by atoms with E-state index in [1.165, 1.54) is 0 Å². The van der Waals surface area contributed by atoms with E-state index in [-0.39, 0.29) is 5.56 Å². The highest BCUT2D eigenvalue weighted by atomic mass is 32.2. The lowest BCUT2D eigenvalue weighted by Crippen LogP contribution is -2.19. The molecular formula is C13H12N2O2S. The summed E-state index contributed by atoms with van der Waals surface area (Å²) in [4.78, 5) is 16.8. The Labute approximate surface area is 108 Å². The van der Waals surface area contributed by atoms with Crippen LogP contribution in [0.15, 0.2) is 38.6 Å². The third-order valence-electron chi connectivity index (χ3n) is 2.84. The lowest BCUT2D eigenvalue weighted by atomic mass is 10.2. The number of rotatable bonds is 2. The third kappa shape index (κ3) is 1.54. The first-order valence-electron chi connectivity index (χ1n) is 5.73. The zero-order chi connectivity index (χ0) is 12.7. The smallest absolute Gasteiger partial charge is 0.297 e. The van der Waals surface area contributed by atoms with Crippen LogP contribution in [-0.4, -0.2) is 15.3 Å². The van der Waals surface area contributed by atoms with E-state index >= 15 is 0 Å². The number of nitrogens with zero attached hydrogens (tertiary/aromatic N) is 2. The number of fused-ring (bicyclic) bond motifs is 3. The van der Waals surface area contributed by atoms with Crippen molar-refractivity contribution in [2.75, 3.05) is 5.75 Å². The fourth-order valence-electron chi connectivity index (χ4n) is 1.96. The van der Waals surface area contributed by atoms with Gasteiger partial charge >= 0.3 is 0 Å². The number of thioether (sulfide) groups is 1. The largest absolute Gasteiger partial charge is 0.448 e. The molecule has 0 bridgehead atoms. The second kappa shape index (κ2) is 4.17. The fraction of sp³-hybridized carbons (Fsp3) is 0.231. The Morgan fingerprint density at radius 1 is 1.39 bits per heavy atom. The maximum absolute atomic E-state index is 12.2. The van der Waals surface area contributed by atoms with E-state index in [0.29, 0.717) is 16.7 Å². The van der Waals surface area contributed by atoms with Gasteiger partial charge in [-0.05, 0) is 17.9 Å². The summed E-state index contributed by atoms with van der Waals surface area (Å²) < 4.78 is 7.13. The minimum Gasteiger partial charge on any atom is -0.448 e. The number of hydrogen-bond acceptors (Lipinski definition) is 4. The lowest BCUT2D eigenvalue weighted by Gasteiger charge is -2.04. The first-order chi connectivity index (χ1) is 8.72. The van der Waals surface area contributed by atoms with Crippen LogP contribution in [0.4, 0.5) is 0 Å². The summed E-state index contributed by atoms with van der Waals surface area (Å²) in [5.74, 6) is 0.877. The van der Waals surface area contributed by atoms with Gasteiger partial charge in [-0.25, -0.2) is 4.98 Å². The summed E-state index contributed by atoms with van der Waals surface area (Å²) in [5, 5.41) is 1.62. The van der Waals surface area contributed by atoms with Gasteiger partial charge < -0.3 is 4.42 Å². The molecule has 1 aromatic carbocycles. The zero-order valence-corrected chi connectivity index (χ0v) is 11.0. The summed E-state index contributed by atoms with van der Waals surface area (Å²) in [6.07, 6.45) is 0. The number of furan rings is 1. The first-order valence-corrected chi connectivity index (χ1v) is 6.72. The zero-order valence-electron chi connectivity index (χ0n) is 10.1. The van der Waals surface area contributed by atoms with Gasteiger partial charge in [0.15, 0.2) is 5.16 Å². The Bertz CT molecular complexity index is 789.